The van der Waals surface area contributed by atoms with Crippen LogP contribution in [-0.2, 0) is 27.1 Å². The molecule has 1 N–H and O–H groups in total. The van der Waals surface area contributed by atoms with Gasteiger partial charge in [-0.25, -0.2) is 4.79 Å². The van der Waals surface area contributed by atoms with Crippen molar-refractivity contribution in [2.75, 3.05) is 6.54 Å². The van der Waals surface area contributed by atoms with Crippen LogP contribution in [0.5, 0.6) is 0 Å². The van der Waals surface area contributed by atoms with Gasteiger partial charge in [-0.3, -0.25) is 9.36 Å². The van der Waals surface area contributed by atoms with Gasteiger partial charge in [-0.15, -0.1) is 0 Å². The molecule has 2 heterocycles. The van der Waals surface area contributed by atoms with E-state index in [4.69, 9.17) is 4.52 Å². The maximum absolute atomic E-state index is 11.8. The van der Waals surface area contributed by atoms with Crippen LogP contribution in [0.4, 0.5) is 0 Å². The molecule has 19 heavy (non-hydrogen) atoms. The third kappa shape index (κ3) is 2.97. The second-order valence-corrected chi connectivity index (χ2v) is 4.17. The Labute approximate surface area is 108 Å². The predicted molar refractivity (Wildman–Crippen MR) is 66.6 cm³/mol. The van der Waals surface area contributed by atoms with E-state index in [0.717, 1.165) is 4.57 Å². The van der Waals surface area contributed by atoms with Gasteiger partial charge in [0.15, 0.2) is 6.33 Å². The van der Waals surface area contributed by atoms with Crippen LogP contribution in [0.15, 0.2) is 26.6 Å². The second-order valence-electron chi connectivity index (χ2n) is 4.17. The van der Waals surface area contributed by atoms with Crippen molar-refractivity contribution in [2.45, 2.75) is 13.0 Å². The van der Waals surface area contributed by atoms with Gasteiger partial charge in [0, 0.05) is 45.4 Å². The first kappa shape index (κ1) is 13.2. The Bertz CT molecular complexity index is 656. The lowest BCUT2D eigenvalue weighted by molar-refractivity contribution is 0.374. The summed E-state index contributed by atoms with van der Waals surface area (Å²) < 4.78 is 7.33. The Morgan fingerprint density at radius 1 is 1.37 bits per heavy atom. The first-order valence-corrected chi connectivity index (χ1v) is 5.81. The minimum absolute atomic E-state index is 0.284. The lowest BCUT2D eigenvalue weighted by atomic mass is 10.3. The molecule has 0 aromatic carbocycles. The average Bonchev–Trinajstić information content (AvgIpc) is 2.91. The molecule has 2 rings (SSSR count). The van der Waals surface area contributed by atoms with Gasteiger partial charge in [0.25, 0.3) is 5.56 Å². The molecular weight excluding hydrogens is 250 g/mol. The lowest BCUT2D eigenvalue weighted by Gasteiger charge is -2.07. The van der Waals surface area contributed by atoms with E-state index < -0.39 is 0 Å². The van der Waals surface area contributed by atoms with E-state index in [1.807, 2.05) is 0 Å². The number of aromatic nitrogens is 4. The molecule has 102 valence electrons. The van der Waals surface area contributed by atoms with Gasteiger partial charge in [-0.1, -0.05) is 5.16 Å². The van der Waals surface area contributed by atoms with Crippen molar-refractivity contribution >= 4 is 0 Å². The molecule has 0 atom stereocenters. The van der Waals surface area contributed by atoms with E-state index in [-0.39, 0.29) is 11.2 Å². The molecule has 0 aliphatic carbocycles. The molecule has 0 amide bonds. The molecule has 0 aliphatic heterocycles. The smallest absolute Gasteiger partial charge is 0.330 e. The van der Waals surface area contributed by atoms with Crippen molar-refractivity contribution in [2.24, 2.45) is 14.1 Å². The summed E-state index contributed by atoms with van der Waals surface area (Å²) in [5, 5.41) is 6.60. The van der Waals surface area contributed by atoms with E-state index in [2.05, 4.69) is 15.5 Å². The molecule has 0 spiro atoms. The SMILES string of the molecule is Cn1cc(CNCCc2ncno2)c(=O)n(C)c1=O. The Balaban J connectivity index is 1.97. The van der Waals surface area contributed by atoms with E-state index >= 15 is 0 Å². The third-order valence-corrected chi connectivity index (χ3v) is 2.76. The summed E-state index contributed by atoms with van der Waals surface area (Å²) in [6.45, 7) is 0.989. The van der Waals surface area contributed by atoms with Gasteiger partial charge in [-0.2, -0.15) is 4.98 Å². The van der Waals surface area contributed by atoms with Gasteiger partial charge in [-0.05, 0) is 0 Å². The molecule has 0 unspecified atom stereocenters. The van der Waals surface area contributed by atoms with Crippen molar-refractivity contribution in [1.82, 2.24) is 24.6 Å². The Kier molecular flexibility index (Phi) is 3.91. The number of nitrogens with zero attached hydrogens (tertiary/aromatic N) is 4. The summed E-state index contributed by atoms with van der Waals surface area (Å²) in [5.74, 6) is 0.542. The van der Waals surface area contributed by atoms with Crippen LogP contribution >= 0.6 is 0 Å². The number of aryl methyl sites for hydroxylation is 1. The molecule has 8 heteroatoms. The topological polar surface area (TPSA) is 94.9 Å². The van der Waals surface area contributed by atoms with Crippen LogP contribution < -0.4 is 16.6 Å². The van der Waals surface area contributed by atoms with Gasteiger partial charge in [0.05, 0.1) is 0 Å². The number of hydrogen-bond acceptors (Lipinski definition) is 6. The number of rotatable bonds is 5. The summed E-state index contributed by atoms with van der Waals surface area (Å²) in [4.78, 5) is 27.2. The summed E-state index contributed by atoms with van der Waals surface area (Å²) in [7, 11) is 3.08. The zero-order valence-corrected chi connectivity index (χ0v) is 10.8. The molecule has 2 aromatic rings. The summed E-state index contributed by atoms with van der Waals surface area (Å²) in [6.07, 6.45) is 3.48. The Hall–Kier alpha value is -2.22. The van der Waals surface area contributed by atoms with Crippen molar-refractivity contribution in [1.29, 1.82) is 0 Å². The quantitative estimate of drug-likeness (QED) is 0.682. The monoisotopic (exact) mass is 265 g/mol. The molecular formula is C11H15N5O3. The zero-order valence-electron chi connectivity index (χ0n) is 10.8. The fourth-order valence-electron chi connectivity index (χ4n) is 1.73. The van der Waals surface area contributed by atoms with Gasteiger partial charge >= 0.3 is 5.69 Å². The van der Waals surface area contributed by atoms with Crippen LogP contribution in [0.25, 0.3) is 0 Å². The first-order chi connectivity index (χ1) is 9.09. The lowest BCUT2D eigenvalue weighted by Crippen LogP contribution is -2.39. The highest BCUT2D eigenvalue weighted by Gasteiger charge is 2.06. The molecule has 0 saturated heterocycles. The number of hydrogen-bond donors (Lipinski definition) is 1. The fraction of sp³-hybridized carbons (Fsp3) is 0.455. The van der Waals surface area contributed by atoms with Crippen LogP contribution in [0.3, 0.4) is 0 Å². The molecule has 0 radical (unpaired) electrons. The van der Waals surface area contributed by atoms with Crippen LogP contribution in [0.2, 0.25) is 0 Å². The standard InChI is InChI=1S/C11H15N5O3/c1-15-6-8(10(17)16(2)11(15)18)5-12-4-3-9-13-7-14-19-9/h6-7,12H,3-5H2,1-2H3. The van der Waals surface area contributed by atoms with Crippen molar-refractivity contribution < 1.29 is 4.52 Å². The van der Waals surface area contributed by atoms with E-state index in [1.165, 1.54) is 17.9 Å². The van der Waals surface area contributed by atoms with E-state index in [1.54, 1.807) is 13.2 Å². The van der Waals surface area contributed by atoms with E-state index in [9.17, 15) is 9.59 Å². The van der Waals surface area contributed by atoms with Crippen molar-refractivity contribution in [3.8, 4) is 0 Å². The van der Waals surface area contributed by atoms with Gasteiger partial charge in [0.2, 0.25) is 5.89 Å². The highest BCUT2D eigenvalue weighted by molar-refractivity contribution is 5.05. The van der Waals surface area contributed by atoms with E-state index in [0.29, 0.717) is 31.0 Å². The third-order valence-electron chi connectivity index (χ3n) is 2.76. The molecule has 0 fully saturated rings. The summed E-state index contributed by atoms with van der Waals surface area (Å²) in [6, 6.07) is 0. The fourth-order valence-corrected chi connectivity index (χ4v) is 1.73. The zero-order chi connectivity index (χ0) is 13.8. The molecule has 0 saturated carbocycles. The minimum Gasteiger partial charge on any atom is -0.340 e. The van der Waals surface area contributed by atoms with Crippen LogP contribution in [0.1, 0.15) is 11.5 Å². The molecule has 2 aromatic heterocycles. The van der Waals surface area contributed by atoms with Crippen molar-refractivity contribution in [3.63, 3.8) is 0 Å². The average molecular weight is 265 g/mol. The highest BCUT2D eigenvalue weighted by atomic mass is 16.5. The molecule has 8 nitrogen and oxygen atoms in total. The van der Waals surface area contributed by atoms with Crippen molar-refractivity contribution in [3.05, 3.63) is 44.8 Å². The molecule has 0 bridgehead atoms. The normalized spacial score (nSPS) is 10.8. The summed E-state index contributed by atoms with van der Waals surface area (Å²) in [5.41, 5.74) is -0.0804. The first-order valence-electron chi connectivity index (χ1n) is 5.81. The summed E-state index contributed by atoms with van der Waals surface area (Å²) >= 11 is 0. The highest BCUT2D eigenvalue weighted by Crippen LogP contribution is 1.92. The maximum atomic E-state index is 11.8. The van der Waals surface area contributed by atoms with Crippen LogP contribution in [0, 0.1) is 0 Å². The second kappa shape index (κ2) is 5.61. The Morgan fingerprint density at radius 3 is 2.84 bits per heavy atom. The maximum Gasteiger partial charge on any atom is 0.330 e. The van der Waals surface area contributed by atoms with Gasteiger partial charge in [0.1, 0.15) is 0 Å². The predicted octanol–water partition coefficient (Wildman–Crippen LogP) is -1.20. The van der Waals surface area contributed by atoms with Crippen LogP contribution in [-0.4, -0.2) is 25.8 Å². The van der Waals surface area contributed by atoms with Gasteiger partial charge < -0.3 is 14.4 Å². The largest absolute Gasteiger partial charge is 0.340 e. The molecule has 0 aliphatic rings. The minimum atomic E-state index is -0.334. The Morgan fingerprint density at radius 2 is 2.16 bits per heavy atom. The number of nitrogens with one attached hydrogen (secondary N) is 1.